The summed E-state index contributed by atoms with van der Waals surface area (Å²) in [4.78, 5) is 23.1. The quantitative estimate of drug-likeness (QED) is 0.117. The van der Waals surface area contributed by atoms with Crippen LogP contribution < -0.4 is 19.2 Å². The molecule has 0 unspecified atom stereocenters. The largest absolute Gasteiger partial charge is 0.494 e. The van der Waals surface area contributed by atoms with Gasteiger partial charge < -0.3 is 9.47 Å². The third-order valence-electron chi connectivity index (χ3n) is 5.96. The zero-order valence-electron chi connectivity index (χ0n) is 22.9. The number of halogens is 1. The van der Waals surface area contributed by atoms with E-state index in [1.54, 1.807) is 60.7 Å². The van der Waals surface area contributed by atoms with Gasteiger partial charge >= 0.3 is 0 Å². The number of nitro groups is 1. The number of benzene rings is 4. The van der Waals surface area contributed by atoms with E-state index in [2.05, 4.69) is 10.5 Å². The molecule has 0 aliphatic rings. The number of rotatable bonds is 13. The summed E-state index contributed by atoms with van der Waals surface area (Å²) in [5, 5.41) is 15.1. The standard InChI is InChI=1S/C30H27ClN4O7S/c1-2-41-27-15-11-25(12-16-27)34(43(39,40)29-17-7-24(31)8-18-29)20-30(36)33-32-19-22-5-13-28(14-6-22)42-21-23-3-9-26(10-4-23)35(37)38/h3-19H,2,20-21H2,1H3,(H,33,36)/b32-19-. The third kappa shape index (κ3) is 8.53. The summed E-state index contributed by atoms with van der Waals surface area (Å²) in [7, 11) is -4.13. The lowest BCUT2D eigenvalue weighted by Crippen LogP contribution is -2.39. The van der Waals surface area contributed by atoms with E-state index in [4.69, 9.17) is 21.1 Å². The number of hydrazone groups is 1. The molecule has 0 bridgehead atoms. The maximum Gasteiger partial charge on any atom is 0.269 e. The molecule has 0 aromatic heterocycles. The predicted molar refractivity (Wildman–Crippen MR) is 163 cm³/mol. The summed E-state index contributed by atoms with van der Waals surface area (Å²) in [6.07, 6.45) is 1.41. The second-order valence-corrected chi connectivity index (χ2v) is 11.3. The van der Waals surface area contributed by atoms with Crippen molar-refractivity contribution in [2.24, 2.45) is 5.10 Å². The van der Waals surface area contributed by atoms with E-state index >= 15 is 0 Å². The zero-order chi connectivity index (χ0) is 30.8. The summed E-state index contributed by atoms with van der Waals surface area (Å²) in [5.74, 6) is 0.468. The molecule has 0 fully saturated rings. The van der Waals surface area contributed by atoms with Crippen LogP contribution in [0.3, 0.4) is 0 Å². The maximum atomic E-state index is 13.5. The van der Waals surface area contributed by atoms with Gasteiger partial charge in [-0.25, -0.2) is 13.8 Å². The summed E-state index contributed by atoms with van der Waals surface area (Å²) in [6, 6.07) is 25.0. The highest BCUT2D eigenvalue weighted by molar-refractivity contribution is 7.92. The Labute approximate surface area is 253 Å². The van der Waals surface area contributed by atoms with Crippen LogP contribution in [-0.4, -0.2) is 38.6 Å². The van der Waals surface area contributed by atoms with Crippen LogP contribution in [0.15, 0.2) is 107 Å². The number of anilines is 1. The van der Waals surface area contributed by atoms with Crippen LogP contribution in [0.5, 0.6) is 11.5 Å². The van der Waals surface area contributed by atoms with Crippen LogP contribution in [0.4, 0.5) is 11.4 Å². The summed E-state index contributed by atoms with van der Waals surface area (Å²) < 4.78 is 39.1. The molecule has 222 valence electrons. The fraction of sp³-hybridized carbons (Fsp3) is 0.133. The molecule has 0 saturated carbocycles. The number of ether oxygens (including phenoxy) is 2. The van der Waals surface area contributed by atoms with Gasteiger partial charge in [0.2, 0.25) is 0 Å². The van der Waals surface area contributed by atoms with Gasteiger partial charge in [-0.2, -0.15) is 5.10 Å². The van der Waals surface area contributed by atoms with Gasteiger partial charge in [0.25, 0.3) is 21.6 Å². The van der Waals surface area contributed by atoms with Crippen LogP contribution in [0.2, 0.25) is 5.02 Å². The molecule has 0 saturated heterocycles. The summed E-state index contributed by atoms with van der Waals surface area (Å²) in [5.41, 5.74) is 4.07. The molecule has 4 aromatic rings. The number of hydrogen-bond acceptors (Lipinski definition) is 8. The number of hydrogen-bond donors (Lipinski definition) is 1. The molecule has 1 amide bonds. The van der Waals surface area contributed by atoms with Crippen molar-refractivity contribution in [1.29, 1.82) is 0 Å². The third-order valence-corrected chi connectivity index (χ3v) is 8.00. The normalized spacial score (nSPS) is 11.2. The van der Waals surface area contributed by atoms with E-state index in [9.17, 15) is 23.3 Å². The van der Waals surface area contributed by atoms with Crippen molar-refractivity contribution in [2.45, 2.75) is 18.4 Å². The van der Waals surface area contributed by atoms with Gasteiger partial charge in [0.15, 0.2) is 0 Å². The Morgan fingerprint density at radius 3 is 2.14 bits per heavy atom. The number of nitro benzene ring substituents is 1. The smallest absolute Gasteiger partial charge is 0.269 e. The van der Waals surface area contributed by atoms with Crippen molar-refractivity contribution >= 4 is 45.1 Å². The highest BCUT2D eigenvalue weighted by atomic mass is 35.5. The van der Waals surface area contributed by atoms with Crippen molar-refractivity contribution in [3.63, 3.8) is 0 Å². The number of carbonyl (C=O) groups is 1. The molecule has 0 heterocycles. The first-order chi connectivity index (χ1) is 20.7. The van der Waals surface area contributed by atoms with E-state index in [0.717, 1.165) is 9.87 Å². The zero-order valence-corrected chi connectivity index (χ0v) is 24.5. The lowest BCUT2D eigenvalue weighted by atomic mass is 10.2. The monoisotopic (exact) mass is 622 g/mol. The molecule has 0 radical (unpaired) electrons. The van der Waals surface area contributed by atoms with Crippen LogP contribution in [0, 0.1) is 10.1 Å². The molecule has 11 nitrogen and oxygen atoms in total. The fourth-order valence-electron chi connectivity index (χ4n) is 3.80. The van der Waals surface area contributed by atoms with E-state index < -0.39 is 27.4 Å². The van der Waals surface area contributed by atoms with Gasteiger partial charge in [0.05, 0.1) is 28.3 Å². The van der Waals surface area contributed by atoms with Crippen LogP contribution in [-0.2, 0) is 21.4 Å². The molecular weight excluding hydrogens is 596 g/mol. The van der Waals surface area contributed by atoms with E-state index in [1.807, 2.05) is 6.92 Å². The molecule has 0 spiro atoms. The molecule has 13 heteroatoms. The first kappa shape index (κ1) is 31.0. The van der Waals surface area contributed by atoms with Crippen molar-refractivity contribution < 1.29 is 27.6 Å². The van der Waals surface area contributed by atoms with Crippen molar-refractivity contribution in [3.8, 4) is 11.5 Å². The van der Waals surface area contributed by atoms with Crippen LogP contribution in [0.1, 0.15) is 18.1 Å². The first-order valence-corrected chi connectivity index (χ1v) is 14.8. The predicted octanol–water partition coefficient (Wildman–Crippen LogP) is 5.57. The summed E-state index contributed by atoms with van der Waals surface area (Å²) >= 11 is 5.93. The molecular formula is C30H27ClN4O7S. The average Bonchev–Trinajstić information content (AvgIpc) is 3.00. The maximum absolute atomic E-state index is 13.5. The summed E-state index contributed by atoms with van der Waals surface area (Å²) in [6.45, 7) is 1.98. The lowest BCUT2D eigenvalue weighted by Gasteiger charge is -2.24. The van der Waals surface area contributed by atoms with E-state index in [-0.39, 0.29) is 22.9 Å². The molecule has 43 heavy (non-hydrogen) atoms. The fourth-order valence-corrected chi connectivity index (χ4v) is 5.35. The van der Waals surface area contributed by atoms with E-state index in [0.29, 0.717) is 28.7 Å². The number of carbonyl (C=O) groups excluding carboxylic acids is 1. The molecule has 0 atom stereocenters. The Kier molecular flexibility index (Phi) is 10.3. The minimum Gasteiger partial charge on any atom is -0.494 e. The highest BCUT2D eigenvalue weighted by Crippen LogP contribution is 2.26. The number of amides is 1. The van der Waals surface area contributed by atoms with Gasteiger partial charge in [-0.05, 0) is 103 Å². The Morgan fingerprint density at radius 1 is 0.930 bits per heavy atom. The SMILES string of the molecule is CCOc1ccc(N(CC(=O)N/N=C\c2ccc(OCc3ccc([N+](=O)[O-])cc3)cc2)S(=O)(=O)c2ccc(Cl)cc2)cc1. The second kappa shape index (κ2) is 14.3. The second-order valence-electron chi connectivity index (χ2n) is 8.97. The first-order valence-electron chi connectivity index (χ1n) is 12.9. The number of non-ortho nitro benzene ring substituents is 1. The Balaban J connectivity index is 1.39. The van der Waals surface area contributed by atoms with Crippen molar-refractivity contribution in [1.82, 2.24) is 5.43 Å². The van der Waals surface area contributed by atoms with Crippen molar-refractivity contribution in [3.05, 3.63) is 123 Å². The van der Waals surface area contributed by atoms with E-state index in [1.165, 1.54) is 42.6 Å². The molecule has 4 rings (SSSR count). The number of nitrogens with zero attached hydrogens (tertiary/aromatic N) is 3. The van der Waals surface area contributed by atoms with Gasteiger partial charge in [0.1, 0.15) is 24.7 Å². The Bertz CT molecular complexity index is 1680. The minimum atomic E-state index is -4.13. The Morgan fingerprint density at radius 2 is 1.53 bits per heavy atom. The molecule has 1 N–H and O–H groups in total. The van der Waals surface area contributed by atoms with Gasteiger partial charge in [-0.3, -0.25) is 19.2 Å². The highest BCUT2D eigenvalue weighted by Gasteiger charge is 2.27. The Hall–Kier alpha value is -4.94. The van der Waals surface area contributed by atoms with Gasteiger partial charge in [0, 0.05) is 17.2 Å². The molecule has 0 aliphatic carbocycles. The topological polar surface area (TPSA) is 140 Å². The molecule has 4 aromatic carbocycles. The number of sulfonamides is 1. The molecule has 0 aliphatic heterocycles. The lowest BCUT2D eigenvalue weighted by molar-refractivity contribution is -0.384. The van der Waals surface area contributed by atoms with Crippen LogP contribution in [0.25, 0.3) is 0 Å². The van der Waals surface area contributed by atoms with Crippen LogP contribution >= 0.6 is 11.6 Å². The van der Waals surface area contributed by atoms with Gasteiger partial charge in [-0.1, -0.05) is 11.6 Å². The average molecular weight is 623 g/mol. The number of nitrogens with one attached hydrogen (secondary N) is 1. The van der Waals surface area contributed by atoms with Crippen molar-refractivity contribution in [2.75, 3.05) is 17.5 Å². The van der Waals surface area contributed by atoms with Gasteiger partial charge in [-0.15, -0.1) is 0 Å². The minimum absolute atomic E-state index is 0.00605.